The van der Waals surface area contributed by atoms with Crippen LogP contribution >= 0.6 is 0 Å². The molecule has 4 heteroatoms. The number of amides is 1. The summed E-state index contributed by atoms with van der Waals surface area (Å²) in [7, 11) is 0. The van der Waals surface area contributed by atoms with Crippen molar-refractivity contribution < 1.29 is 14.7 Å². The molecule has 0 radical (unpaired) electrons. The molecular weight excluding hydrogens is 254 g/mol. The van der Waals surface area contributed by atoms with Crippen molar-refractivity contribution >= 4 is 11.9 Å². The van der Waals surface area contributed by atoms with Crippen LogP contribution in [0.4, 0.5) is 0 Å². The fourth-order valence-corrected chi connectivity index (χ4v) is 3.79. The van der Waals surface area contributed by atoms with Crippen LogP contribution < -0.4 is 5.32 Å². The highest BCUT2D eigenvalue weighted by Crippen LogP contribution is 2.39. The van der Waals surface area contributed by atoms with E-state index in [1.807, 2.05) is 0 Å². The summed E-state index contributed by atoms with van der Waals surface area (Å²) in [6.07, 6.45) is 9.52. The first kappa shape index (κ1) is 15.3. The number of rotatable bonds is 4. The van der Waals surface area contributed by atoms with Crippen LogP contribution in [-0.4, -0.2) is 23.0 Å². The number of carbonyl (C=O) groups is 2. The normalized spacial score (nSPS) is 29.6. The fraction of sp³-hybridized carbons (Fsp3) is 0.875. The Morgan fingerprint density at radius 1 is 1.10 bits per heavy atom. The van der Waals surface area contributed by atoms with Crippen LogP contribution in [0.3, 0.4) is 0 Å². The van der Waals surface area contributed by atoms with Crippen LogP contribution in [0.15, 0.2) is 0 Å². The van der Waals surface area contributed by atoms with E-state index in [1.165, 1.54) is 6.42 Å². The van der Waals surface area contributed by atoms with Crippen LogP contribution in [0.25, 0.3) is 0 Å². The van der Waals surface area contributed by atoms with Crippen molar-refractivity contribution in [3.63, 3.8) is 0 Å². The Balaban J connectivity index is 1.86. The van der Waals surface area contributed by atoms with Gasteiger partial charge in [0.05, 0.1) is 5.92 Å². The highest BCUT2D eigenvalue weighted by molar-refractivity contribution is 5.83. The molecule has 0 aliphatic heterocycles. The molecule has 0 heterocycles. The van der Waals surface area contributed by atoms with E-state index in [-0.39, 0.29) is 23.3 Å². The second-order valence-electron chi connectivity index (χ2n) is 6.55. The van der Waals surface area contributed by atoms with Crippen LogP contribution in [0.2, 0.25) is 0 Å². The molecule has 2 saturated carbocycles. The molecule has 114 valence electrons. The van der Waals surface area contributed by atoms with Gasteiger partial charge in [-0.2, -0.15) is 0 Å². The molecule has 1 amide bonds. The molecule has 0 bridgehead atoms. The van der Waals surface area contributed by atoms with E-state index in [2.05, 4.69) is 12.2 Å². The first-order valence-electron chi connectivity index (χ1n) is 8.11. The number of carbonyl (C=O) groups excluding carboxylic acids is 1. The molecule has 0 aromatic carbocycles. The Hall–Kier alpha value is -1.06. The lowest BCUT2D eigenvalue weighted by atomic mass is 9.71. The van der Waals surface area contributed by atoms with Gasteiger partial charge in [-0.15, -0.1) is 0 Å². The topological polar surface area (TPSA) is 66.4 Å². The quantitative estimate of drug-likeness (QED) is 0.832. The first-order valence-corrected chi connectivity index (χ1v) is 8.11. The summed E-state index contributed by atoms with van der Waals surface area (Å²) in [6, 6.07) is 0.184. The summed E-state index contributed by atoms with van der Waals surface area (Å²) in [6.45, 7) is 2.12. The van der Waals surface area contributed by atoms with E-state index in [0.29, 0.717) is 12.8 Å². The third-order valence-corrected chi connectivity index (χ3v) is 5.38. The van der Waals surface area contributed by atoms with Gasteiger partial charge in [-0.1, -0.05) is 26.2 Å². The van der Waals surface area contributed by atoms with Crippen molar-refractivity contribution in [2.45, 2.75) is 77.2 Å². The van der Waals surface area contributed by atoms with E-state index in [1.54, 1.807) is 0 Å². The lowest BCUT2D eigenvalue weighted by Crippen LogP contribution is -2.47. The van der Waals surface area contributed by atoms with Gasteiger partial charge in [-0.05, 0) is 44.9 Å². The van der Waals surface area contributed by atoms with Gasteiger partial charge in [0.15, 0.2) is 0 Å². The maximum atomic E-state index is 12.6. The van der Waals surface area contributed by atoms with Crippen molar-refractivity contribution in [1.29, 1.82) is 0 Å². The lowest BCUT2D eigenvalue weighted by Gasteiger charge is -2.37. The Kier molecular flexibility index (Phi) is 5.06. The van der Waals surface area contributed by atoms with E-state index in [9.17, 15) is 9.59 Å². The zero-order chi connectivity index (χ0) is 14.6. The number of carboxylic acids is 1. The molecule has 0 atom stereocenters. The van der Waals surface area contributed by atoms with Crippen molar-refractivity contribution in [3.8, 4) is 0 Å². The molecule has 0 saturated heterocycles. The number of hydrogen-bond acceptors (Lipinski definition) is 2. The van der Waals surface area contributed by atoms with E-state index >= 15 is 0 Å². The average molecular weight is 281 g/mol. The second kappa shape index (κ2) is 6.59. The highest BCUT2D eigenvalue weighted by atomic mass is 16.4. The number of carboxylic acid groups (broad SMARTS) is 1. The zero-order valence-corrected chi connectivity index (χ0v) is 12.5. The lowest BCUT2D eigenvalue weighted by molar-refractivity contribution is -0.143. The Bertz CT molecular complexity index is 353. The van der Waals surface area contributed by atoms with Crippen molar-refractivity contribution in [2.75, 3.05) is 0 Å². The van der Waals surface area contributed by atoms with Gasteiger partial charge in [-0.25, -0.2) is 0 Å². The fourth-order valence-electron chi connectivity index (χ4n) is 3.79. The molecule has 2 rings (SSSR count). The van der Waals surface area contributed by atoms with E-state index in [4.69, 9.17) is 5.11 Å². The number of aliphatic carboxylic acids is 1. The van der Waals surface area contributed by atoms with Crippen LogP contribution in [-0.2, 0) is 9.59 Å². The Morgan fingerprint density at radius 3 is 2.20 bits per heavy atom. The summed E-state index contributed by atoms with van der Waals surface area (Å²) < 4.78 is 0. The van der Waals surface area contributed by atoms with Crippen LogP contribution in [0, 0.1) is 11.3 Å². The first-order chi connectivity index (χ1) is 9.57. The summed E-state index contributed by atoms with van der Waals surface area (Å²) in [5, 5.41) is 12.2. The van der Waals surface area contributed by atoms with Gasteiger partial charge in [0.2, 0.25) is 5.91 Å². The summed E-state index contributed by atoms with van der Waals surface area (Å²) in [5.74, 6) is -0.677. The predicted octanol–water partition coefficient (Wildman–Crippen LogP) is 3.11. The van der Waals surface area contributed by atoms with Crippen molar-refractivity contribution in [3.05, 3.63) is 0 Å². The van der Waals surface area contributed by atoms with E-state index in [0.717, 1.165) is 44.9 Å². The minimum Gasteiger partial charge on any atom is -0.481 e. The summed E-state index contributed by atoms with van der Waals surface area (Å²) in [4.78, 5) is 23.5. The molecule has 20 heavy (non-hydrogen) atoms. The molecule has 2 aliphatic rings. The van der Waals surface area contributed by atoms with E-state index < -0.39 is 5.97 Å². The predicted molar refractivity (Wildman–Crippen MR) is 77.3 cm³/mol. The van der Waals surface area contributed by atoms with Crippen LogP contribution in [0.5, 0.6) is 0 Å². The van der Waals surface area contributed by atoms with Crippen molar-refractivity contribution in [1.82, 2.24) is 5.32 Å². The molecule has 0 spiro atoms. The maximum Gasteiger partial charge on any atom is 0.306 e. The second-order valence-corrected chi connectivity index (χ2v) is 6.55. The Morgan fingerprint density at radius 2 is 1.70 bits per heavy atom. The van der Waals surface area contributed by atoms with Gasteiger partial charge in [0.25, 0.3) is 0 Å². The van der Waals surface area contributed by atoms with Gasteiger partial charge in [0, 0.05) is 11.5 Å². The maximum absolute atomic E-state index is 12.6. The molecule has 2 N–H and O–H groups in total. The molecule has 2 aliphatic carbocycles. The highest BCUT2D eigenvalue weighted by Gasteiger charge is 2.39. The van der Waals surface area contributed by atoms with Gasteiger partial charge < -0.3 is 10.4 Å². The summed E-state index contributed by atoms with van der Waals surface area (Å²) in [5.41, 5.74) is -0.151. The third-order valence-electron chi connectivity index (χ3n) is 5.38. The third kappa shape index (κ3) is 3.33. The molecule has 0 aromatic rings. The molecule has 4 nitrogen and oxygen atoms in total. The smallest absolute Gasteiger partial charge is 0.306 e. The van der Waals surface area contributed by atoms with Crippen molar-refractivity contribution in [2.24, 2.45) is 11.3 Å². The molecule has 2 fully saturated rings. The number of nitrogens with one attached hydrogen (secondary N) is 1. The molecule has 0 unspecified atom stereocenters. The Labute approximate surface area is 121 Å². The minimum atomic E-state index is -0.688. The number of hydrogen-bond donors (Lipinski definition) is 2. The van der Waals surface area contributed by atoms with Crippen LogP contribution in [0.1, 0.15) is 71.1 Å². The SMILES string of the molecule is CCC1(C(=O)NC2CCC(C(=O)O)CC2)CCCCC1. The van der Waals surface area contributed by atoms with Gasteiger partial charge in [0.1, 0.15) is 0 Å². The molecule has 0 aromatic heterocycles. The average Bonchev–Trinajstić information content (AvgIpc) is 2.48. The largest absolute Gasteiger partial charge is 0.481 e. The molecular formula is C16H27NO3. The monoisotopic (exact) mass is 281 g/mol. The van der Waals surface area contributed by atoms with Gasteiger partial charge >= 0.3 is 5.97 Å². The minimum absolute atomic E-state index is 0.151. The summed E-state index contributed by atoms with van der Waals surface area (Å²) >= 11 is 0. The standard InChI is InChI=1S/C16H27NO3/c1-2-16(10-4-3-5-11-16)15(20)17-13-8-6-12(7-9-13)14(18)19/h12-13H,2-11H2,1H3,(H,17,20)(H,18,19). The van der Waals surface area contributed by atoms with Gasteiger partial charge in [-0.3, -0.25) is 9.59 Å². The zero-order valence-electron chi connectivity index (χ0n) is 12.5.